The molecule has 0 spiro atoms. The van der Waals surface area contributed by atoms with Crippen LogP contribution in [0.3, 0.4) is 0 Å². The van der Waals surface area contributed by atoms with Crippen LogP contribution in [0.25, 0.3) is 11.4 Å². The molecule has 3 aromatic rings. The normalized spacial score (nSPS) is 18.0. The Bertz CT molecular complexity index is 933. The van der Waals surface area contributed by atoms with E-state index in [1.54, 1.807) is 36.8 Å². The van der Waals surface area contributed by atoms with Crippen molar-refractivity contribution in [1.29, 1.82) is 0 Å². The predicted molar refractivity (Wildman–Crippen MR) is 104 cm³/mol. The largest absolute Gasteiger partial charge is 0.494 e. The summed E-state index contributed by atoms with van der Waals surface area (Å²) in [5, 5.41) is 6.89. The fraction of sp³-hybridized carbons (Fsp3) is 0.286. The third kappa shape index (κ3) is 4.60. The van der Waals surface area contributed by atoms with Crippen LogP contribution in [0, 0.1) is 11.7 Å². The molecule has 1 aliphatic heterocycles. The van der Waals surface area contributed by atoms with Crippen LogP contribution in [0.2, 0.25) is 0 Å². The zero-order valence-electron chi connectivity index (χ0n) is 15.9. The van der Waals surface area contributed by atoms with E-state index in [2.05, 4.69) is 9.97 Å². The molecule has 1 saturated heterocycles. The summed E-state index contributed by atoms with van der Waals surface area (Å²) in [6, 6.07) is 9.25. The lowest BCUT2D eigenvalue weighted by atomic mass is 9.95. The van der Waals surface area contributed by atoms with Crippen molar-refractivity contribution >= 4 is 6.47 Å². The standard InChI is InChI=1S/C20H20FN3O2.CH2O2/c1-25-18-4-2-3-16(19(18)21)20-23-9-10-24(20)17-13-26-12-15(17)11-14-5-7-22-8-6-14;2-1-3/h2-10,15,17H,11-13H2,1H3;1H,(H,2,3)/t15-,17+;/m0./s1. The second-order valence-electron chi connectivity index (χ2n) is 6.51. The third-order valence-corrected chi connectivity index (χ3v) is 4.86. The summed E-state index contributed by atoms with van der Waals surface area (Å²) in [4.78, 5) is 16.8. The minimum Gasteiger partial charge on any atom is -0.494 e. The highest BCUT2D eigenvalue weighted by atomic mass is 19.1. The first-order chi connectivity index (χ1) is 14.2. The summed E-state index contributed by atoms with van der Waals surface area (Å²) in [5.41, 5.74) is 1.65. The molecule has 0 bridgehead atoms. The smallest absolute Gasteiger partial charge is 0.290 e. The van der Waals surface area contributed by atoms with Crippen molar-refractivity contribution in [1.82, 2.24) is 14.5 Å². The molecule has 4 rings (SSSR count). The van der Waals surface area contributed by atoms with Gasteiger partial charge >= 0.3 is 0 Å². The maximum atomic E-state index is 14.7. The molecule has 0 radical (unpaired) electrons. The highest BCUT2D eigenvalue weighted by molar-refractivity contribution is 5.59. The van der Waals surface area contributed by atoms with Gasteiger partial charge in [0.2, 0.25) is 0 Å². The number of benzene rings is 1. The number of hydrogen-bond donors (Lipinski definition) is 1. The Morgan fingerprint density at radius 3 is 2.76 bits per heavy atom. The van der Waals surface area contributed by atoms with Crippen molar-refractivity contribution in [3.8, 4) is 17.1 Å². The van der Waals surface area contributed by atoms with Gasteiger partial charge in [0.25, 0.3) is 6.47 Å². The molecule has 29 heavy (non-hydrogen) atoms. The van der Waals surface area contributed by atoms with Crippen molar-refractivity contribution < 1.29 is 23.8 Å². The molecule has 1 aliphatic rings. The van der Waals surface area contributed by atoms with Crippen LogP contribution in [0.4, 0.5) is 4.39 Å². The quantitative estimate of drug-likeness (QED) is 0.663. The Kier molecular flexibility index (Phi) is 6.91. The van der Waals surface area contributed by atoms with Gasteiger partial charge in [-0.1, -0.05) is 6.07 Å². The highest BCUT2D eigenvalue weighted by Gasteiger charge is 2.32. The summed E-state index contributed by atoms with van der Waals surface area (Å²) in [7, 11) is 1.46. The lowest BCUT2D eigenvalue weighted by Crippen LogP contribution is -2.20. The molecule has 7 nitrogen and oxygen atoms in total. The zero-order chi connectivity index (χ0) is 20.6. The molecule has 2 atom stereocenters. The van der Waals surface area contributed by atoms with Crippen LogP contribution >= 0.6 is 0 Å². The number of rotatable bonds is 5. The summed E-state index contributed by atoms with van der Waals surface area (Å²) < 4.78 is 27.6. The maximum absolute atomic E-state index is 14.7. The molecule has 0 unspecified atom stereocenters. The molecule has 1 aromatic carbocycles. The summed E-state index contributed by atoms with van der Waals surface area (Å²) in [6.07, 6.45) is 8.08. The number of carboxylic acid groups (broad SMARTS) is 1. The van der Waals surface area contributed by atoms with Crippen LogP contribution in [-0.4, -0.2) is 46.4 Å². The summed E-state index contributed by atoms with van der Waals surface area (Å²) in [5.74, 6) is 0.704. The van der Waals surface area contributed by atoms with E-state index >= 15 is 0 Å². The number of nitrogens with zero attached hydrogens (tertiary/aromatic N) is 3. The predicted octanol–water partition coefficient (Wildman–Crippen LogP) is 3.22. The Labute approximate surface area is 167 Å². The van der Waals surface area contributed by atoms with Gasteiger partial charge < -0.3 is 19.1 Å². The van der Waals surface area contributed by atoms with Gasteiger partial charge in [-0.15, -0.1) is 0 Å². The van der Waals surface area contributed by atoms with Gasteiger partial charge in [-0.05, 0) is 36.2 Å². The minimum atomic E-state index is -0.396. The Hall–Kier alpha value is -3.26. The second kappa shape index (κ2) is 9.79. The van der Waals surface area contributed by atoms with Crippen molar-refractivity contribution in [2.75, 3.05) is 20.3 Å². The molecule has 0 amide bonds. The van der Waals surface area contributed by atoms with E-state index in [-0.39, 0.29) is 18.3 Å². The summed E-state index contributed by atoms with van der Waals surface area (Å²) in [6.45, 7) is 1.01. The topological polar surface area (TPSA) is 86.5 Å². The fourth-order valence-corrected chi connectivity index (χ4v) is 3.54. The molecule has 8 heteroatoms. The van der Waals surface area contributed by atoms with Crippen molar-refractivity contribution in [3.63, 3.8) is 0 Å². The first kappa shape index (κ1) is 20.5. The van der Waals surface area contributed by atoms with Crippen LogP contribution in [-0.2, 0) is 16.0 Å². The van der Waals surface area contributed by atoms with Gasteiger partial charge in [-0.25, -0.2) is 9.37 Å². The Morgan fingerprint density at radius 2 is 2.03 bits per heavy atom. The number of imidazole rings is 1. The SMILES string of the molecule is COc1cccc(-c2nccn2[C@@H]2COC[C@@H]2Cc2ccncc2)c1F.O=CO. The molecule has 1 N–H and O–H groups in total. The van der Waals surface area contributed by atoms with Gasteiger partial charge in [-0.2, -0.15) is 0 Å². The van der Waals surface area contributed by atoms with E-state index < -0.39 is 5.82 Å². The molecule has 0 saturated carbocycles. The molecule has 2 aromatic heterocycles. The minimum absolute atomic E-state index is 0.103. The first-order valence-electron chi connectivity index (χ1n) is 9.09. The van der Waals surface area contributed by atoms with E-state index in [4.69, 9.17) is 19.4 Å². The lowest BCUT2D eigenvalue weighted by Gasteiger charge is -2.21. The van der Waals surface area contributed by atoms with E-state index in [9.17, 15) is 4.39 Å². The Morgan fingerprint density at radius 1 is 1.28 bits per heavy atom. The van der Waals surface area contributed by atoms with Crippen molar-refractivity contribution in [2.24, 2.45) is 5.92 Å². The van der Waals surface area contributed by atoms with E-state index in [0.29, 0.717) is 30.5 Å². The molecular weight excluding hydrogens is 377 g/mol. The number of aromatic nitrogens is 3. The van der Waals surface area contributed by atoms with Crippen LogP contribution in [0.5, 0.6) is 5.75 Å². The zero-order valence-corrected chi connectivity index (χ0v) is 15.9. The number of carbonyl (C=O) groups is 1. The monoisotopic (exact) mass is 399 g/mol. The molecular formula is C21H22FN3O4. The van der Waals surface area contributed by atoms with Gasteiger partial charge in [0.15, 0.2) is 11.6 Å². The van der Waals surface area contributed by atoms with Crippen LogP contribution < -0.4 is 4.74 Å². The number of pyridine rings is 1. The van der Waals surface area contributed by atoms with E-state index in [1.807, 2.05) is 22.9 Å². The first-order valence-corrected chi connectivity index (χ1v) is 9.09. The summed E-state index contributed by atoms with van der Waals surface area (Å²) >= 11 is 0. The number of methoxy groups -OCH3 is 1. The number of ether oxygens (including phenoxy) is 2. The fourth-order valence-electron chi connectivity index (χ4n) is 3.54. The van der Waals surface area contributed by atoms with Gasteiger partial charge in [0.1, 0.15) is 5.82 Å². The molecule has 3 heterocycles. The van der Waals surface area contributed by atoms with Crippen molar-refractivity contribution in [3.05, 3.63) is 66.5 Å². The molecule has 0 aliphatic carbocycles. The second-order valence-corrected chi connectivity index (χ2v) is 6.51. The molecule has 1 fully saturated rings. The van der Waals surface area contributed by atoms with Crippen LogP contribution in [0.1, 0.15) is 11.6 Å². The lowest BCUT2D eigenvalue weighted by molar-refractivity contribution is -0.122. The van der Waals surface area contributed by atoms with E-state index in [1.165, 1.54) is 12.7 Å². The maximum Gasteiger partial charge on any atom is 0.290 e. The van der Waals surface area contributed by atoms with Gasteiger partial charge in [0.05, 0.1) is 31.9 Å². The average molecular weight is 399 g/mol. The Balaban J connectivity index is 0.000000755. The average Bonchev–Trinajstić information content (AvgIpc) is 3.39. The van der Waals surface area contributed by atoms with E-state index in [0.717, 1.165) is 6.42 Å². The highest BCUT2D eigenvalue weighted by Crippen LogP contribution is 2.34. The number of hydrogen-bond acceptors (Lipinski definition) is 5. The van der Waals surface area contributed by atoms with Gasteiger partial charge in [0, 0.05) is 30.7 Å². The van der Waals surface area contributed by atoms with Crippen LogP contribution in [0.15, 0.2) is 55.1 Å². The van der Waals surface area contributed by atoms with Crippen molar-refractivity contribution in [2.45, 2.75) is 12.5 Å². The molecule has 152 valence electrons. The number of halogens is 1. The third-order valence-electron chi connectivity index (χ3n) is 4.86. The van der Waals surface area contributed by atoms with Gasteiger partial charge in [-0.3, -0.25) is 9.78 Å².